The maximum atomic E-state index is 10.8. The maximum absolute atomic E-state index is 10.8. The van der Waals surface area contributed by atoms with Gasteiger partial charge in [0.25, 0.3) is 0 Å². The van der Waals surface area contributed by atoms with E-state index in [0.717, 1.165) is 0 Å². The van der Waals surface area contributed by atoms with Gasteiger partial charge in [0.2, 0.25) is 5.91 Å². The van der Waals surface area contributed by atoms with Gasteiger partial charge in [-0.25, -0.2) is 0 Å². The first kappa shape index (κ1) is 10.8. The van der Waals surface area contributed by atoms with Crippen molar-refractivity contribution in [2.24, 2.45) is 0 Å². The Balaban J connectivity index is 1.94. The molecule has 2 heterocycles. The van der Waals surface area contributed by atoms with Gasteiger partial charge in [0.15, 0.2) is 0 Å². The molecule has 5 atom stereocenters. The first-order valence-corrected chi connectivity index (χ1v) is 4.96. The second-order valence-electron chi connectivity index (χ2n) is 3.96. The van der Waals surface area contributed by atoms with Crippen molar-refractivity contribution in [3.63, 3.8) is 0 Å². The van der Waals surface area contributed by atoms with Crippen LogP contribution in [0.5, 0.6) is 0 Å². The summed E-state index contributed by atoms with van der Waals surface area (Å²) < 4.78 is 10.3. The third kappa shape index (κ3) is 2.28. The smallest absolute Gasteiger partial charge is 0.217 e. The minimum atomic E-state index is -1.01. The highest BCUT2D eigenvalue weighted by atomic mass is 16.6. The van der Waals surface area contributed by atoms with E-state index in [-0.39, 0.29) is 18.6 Å². The number of aliphatic hydroxyl groups excluding tert-OH is 2. The van der Waals surface area contributed by atoms with Crippen LogP contribution in [0, 0.1) is 0 Å². The van der Waals surface area contributed by atoms with E-state index in [0.29, 0.717) is 6.61 Å². The van der Waals surface area contributed by atoms with E-state index in [1.807, 2.05) is 0 Å². The van der Waals surface area contributed by atoms with Crippen LogP contribution in [-0.2, 0) is 14.3 Å². The minimum Gasteiger partial charge on any atom is -0.388 e. The van der Waals surface area contributed by atoms with Gasteiger partial charge in [-0.05, 0) is 0 Å². The molecule has 15 heavy (non-hydrogen) atoms. The van der Waals surface area contributed by atoms with Gasteiger partial charge in [0, 0.05) is 6.92 Å². The summed E-state index contributed by atoms with van der Waals surface area (Å²) in [6, 6.07) is -0.549. The van der Waals surface area contributed by atoms with Gasteiger partial charge in [-0.3, -0.25) is 4.79 Å². The van der Waals surface area contributed by atoms with Gasteiger partial charge >= 0.3 is 0 Å². The molecule has 1 amide bonds. The lowest BCUT2D eigenvalue weighted by Crippen LogP contribution is -2.60. The lowest BCUT2D eigenvalue weighted by molar-refractivity contribution is -0.159. The van der Waals surface area contributed by atoms with Crippen LogP contribution in [0.1, 0.15) is 6.92 Å². The molecule has 0 bridgehead atoms. The Morgan fingerprint density at radius 1 is 1.27 bits per heavy atom. The van der Waals surface area contributed by atoms with Gasteiger partial charge in [0.05, 0.1) is 19.3 Å². The van der Waals surface area contributed by atoms with Gasteiger partial charge in [-0.1, -0.05) is 0 Å². The Hall–Kier alpha value is -0.690. The second-order valence-corrected chi connectivity index (χ2v) is 3.96. The van der Waals surface area contributed by atoms with Crippen molar-refractivity contribution in [1.29, 1.82) is 0 Å². The Morgan fingerprint density at radius 3 is 2.47 bits per heavy atom. The van der Waals surface area contributed by atoms with Crippen LogP contribution in [0.4, 0.5) is 0 Å². The summed E-state index contributed by atoms with van der Waals surface area (Å²) in [5, 5.41) is 22.0. The molecule has 0 saturated carbocycles. The quantitative estimate of drug-likeness (QED) is 0.466. The highest BCUT2D eigenvalue weighted by Gasteiger charge is 2.46. The largest absolute Gasteiger partial charge is 0.388 e. The fraction of sp³-hybridized carbons (Fsp3) is 0.889. The van der Waals surface area contributed by atoms with Gasteiger partial charge in [-0.15, -0.1) is 0 Å². The lowest BCUT2D eigenvalue weighted by Gasteiger charge is -2.37. The highest BCUT2D eigenvalue weighted by molar-refractivity contribution is 5.73. The molecule has 3 N–H and O–H groups in total. The lowest BCUT2D eigenvalue weighted by atomic mass is 9.96. The monoisotopic (exact) mass is 217 g/mol. The van der Waals surface area contributed by atoms with E-state index in [9.17, 15) is 15.0 Å². The average molecular weight is 217 g/mol. The summed E-state index contributed by atoms with van der Waals surface area (Å²) in [5.41, 5.74) is 0. The van der Waals surface area contributed by atoms with Crippen molar-refractivity contribution in [3.05, 3.63) is 0 Å². The Bertz CT molecular complexity index is 255. The van der Waals surface area contributed by atoms with Crippen LogP contribution >= 0.6 is 0 Å². The van der Waals surface area contributed by atoms with Crippen molar-refractivity contribution < 1.29 is 24.5 Å². The van der Waals surface area contributed by atoms with E-state index in [1.165, 1.54) is 6.92 Å². The van der Waals surface area contributed by atoms with Crippen molar-refractivity contribution >= 4 is 5.91 Å². The van der Waals surface area contributed by atoms with E-state index < -0.39 is 24.4 Å². The standard InChI is InChI=1S/C9H15NO5/c1-4(11)10-5-2-15-9(6-3-14-6)8(13)7(5)12/h5-9,12-13H,2-3H2,1H3,(H,10,11)/t5-,6-,7+,8-,9+/m0/s1. The van der Waals surface area contributed by atoms with Crippen molar-refractivity contribution in [1.82, 2.24) is 5.32 Å². The van der Waals surface area contributed by atoms with Crippen molar-refractivity contribution in [2.45, 2.75) is 37.4 Å². The predicted octanol–water partition coefficient (Wildman–Crippen LogP) is -1.99. The zero-order valence-electron chi connectivity index (χ0n) is 8.42. The molecule has 6 heteroatoms. The molecular formula is C9H15NO5. The second kappa shape index (κ2) is 4.05. The SMILES string of the molecule is CC(=O)N[C@H]1CO[C@H]([C@@H]2CO2)[C@@H](O)[C@@H]1O. The Labute approximate surface area is 87.2 Å². The summed E-state index contributed by atoms with van der Waals surface area (Å²) in [7, 11) is 0. The Morgan fingerprint density at radius 2 is 1.93 bits per heavy atom. The zero-order valence-corrected chi connectivity index (χ0v) is 8.42. The third-order valence-corrected chi connectivity index (χ3v) is 2.68. The zero-order chi connectivity index (χ0) is 11.0. The number of rotatable bonds is 2. The number of hydrogen-bond acceptors (Lipinski definition) is 5. The van der Waals surface area contributed by atoms with Crippen LogP contribution in [0.3, 0.4) is 0 Å². The summed E-state index contributed by atoms with van der Waals surface area (Å²) in [4.78, 5) is 10.8. The number of nitrogens with one attached hydrogen (secondary N) is 1. The highest BCUT2D eigenvalue weighted by Crippen LogP contribution is 2.26. The summed E-state index contributed by atoms with van der Waals surface area (Å²) >= 11 is 0. The fourth-order valence-corrected chi connectivity index (χ4v) is 1.80. The maximum Gasteiger partial charge on any atom is 0.217 e. The number of carbonyl (C=O) groups excluding carboxylic acids is 1. The van der Waals surface area contributed by atoms with Gasteiger partial charge in [-0.2, -0.15) is 0 Å². The topological polar surface area (TPSA) is 91.3 Å². The average Bonchev–Trinajstić information content (AvgIpc) is 2.96. The van der Waals surface area contributed by atoms with Crippen LogP contribution < -0.4 is 5.32 Å². The summed E-state index contributed by atoms with van der Waals surface area (Å²) in [5.74, 6) is -0.254. The molecule has 0 radical (unpaired) electrons. The van der Waals surface area contributed by atoms with E-state index in [2.05, 4.69) is 5.32 Å². The number of ether oxygens (including phenoxy) is 2. The molecule has 2 rings (SSSR count). The predicted molar refractivity (Wildman–Crippen MR) is 49.1 cm³/mol. The van der Waals surface area contributed by atoms with Crippen LogP contribution in [0.25, 0.3) is 0 Å². The molecule has 0 spiro atoms. The third-order valence-electron chi connectivity index (χ3n) is 2.68. The van der Waals surface area contributed by atoms with Crippen molar-refractivity contribution in [2.75, 3.05) is 13.2 Å². The normalized spacial score (nSPS) is 44.9. The number of epoxide rings is 1. The molecule has 0 unspecified atom stereocenters. The molecule has 2 saturated heterocycles. The van der Waals surface area contributed by atoms with Gasteiger partial charge in [0.1, 0.15) is 24.4 Å². The molecule has 2 fully saturated rings. The molecule has 86 valence electrons. The van der Waals surface area contributed by atoms with E-state index >= 15 is 0 Å². The molecule has 0 aromatic rings. The number of aliphatic hydroxyl groups is 2. The van der Waals surface area contributed by atoms with Crippen LogP contribution in [0.2, 0.25) is 0 Å². The molecular weight excluding hydrogens is 202 g/mol. The number of amides is 1. The molecule has 6 nitrogen and oxygen atoms in total. The molecule has 0 aromatic carbocycles. The van der Waals surface area contributed by atoms with E-state index in [4.69, 9.17) is 9.47 Å². The van der Waals surface area contributed by atoms with Gasteiger partial charge < -0.3 is 25.0 Å². The molecule has 2 aliphatic rings. The fourth-order valence-electron chi connectivity index (χ4n) is 1.80. The summed E-state index contributed by atoms with van der Waals surface area (Å²) in [6.45, 7) is 2.11. The Kier molecular flexibility index (Phi) is 2.92. The van der Waals surface area contributed by atoms with E-state index in [1.54, 1.807) is 0 Å². The first-order valence-electron chi connectivity index (χ1n) is 4.96. The number of hydrogen-bond donors (Lipinski definition) is 3. The summed E-state index contributed by atoms with van der Waals surface area (Å²) in [6.07, 6.45) is -2.61. The minimum absolute atomic E-state index is 0.118. The van der Waals surface area contributed by atoms with Crippen molar-refractivity contribution in [3.8, 4) is 0 Å². The molecule has 0 aliphatic carbocycles. The first-order chi connectivity index (χ1) is 7.09. The molecule has 0 aromatic heterocycles. The van der Waals surface area contributed by atoms with Crippen LogP contribution in [0.15, 0.2) is 0 Å². The number of carbonyl (C=O) groups is 1. The van der Waals surface area contributed by atoms with Crippen LogP contribution in [-0.4, -0.2) is 59.8 Å². The molecule has 2 aliphatic heterocycles.